The Balaban J connectivity index is 2.11. The zero-order valence-electron chi connectivity index (χ0n) is 15.2. The lowest BCUT2D eigenvalue weighted by molar-refractivity contribution is 0.586. The Morgan fingerprint density at radius 3 is 2.24 bits per heavy atom. The third kappa shape index (κ3) is 4.27. The van der Waals surface area contributed by atoms with Crippen LogP contribution in [0.1, 0.15) is 50.7 Å². The summed E-state index contributed by atoms with van der Waals surface area (Å²) in [5, 5.41) is 0.761. The molecular formula is C22H27ClOP+. The van der Waals surface area contributed by atoms with Gasteiger partial charge in [0.25, 0.3) is 0 Å². The predicted molar refractivity (Wildman–Crippen MR) is 112 cm³/mol. The molecule has 1 heterocycles. The molecule has 132 valence electrons. The van der Waals surface area contributed by atoms with Gasteiger partial charge in [0.2, 0.25) is 7.49 Å². The smallest absolute Gasteiger partial charge is 0.216 e. The average molecular weight is 374 g/mol. The van der Waals surface area contributed by atoms with Crippen molar-refractivity contribution < 1.29 is 4.52 Å². The highest BCUT2D eigenvalue weighted by molar-refractivity contribution is 7.75. The van der Waals surface area contributed by atoms with Crippen LogP contribution in [0.3, 0.4) is 0 Å². The van der Waals surface area contributed by atoms with Crippen molar-refractivity contribution in [1.29, 1.82) is 0 Å². The van der Waals surface area contributed by atoms with Gasteiger partial charge in [0.05, 0.1) is 12.3 Å². The fraction of sp³-hybridized carbons (Fsp3) is 0.364. The first-order valence-corrected chi connectivity index (χ1v) is 11.8. The highest BCUT2D eigenvalue weighted by Gasteiger charge is 2.43. The summed E-state index contributed by atoms with van der Waals surface area (Å²) in [5.74, 6) is 3.48. The Morgan fingerprint density at radius 1 is 0.920 bits per heavy atom. The Morgan fingerprint density at radius 2 is 1.60 bits per heavy atom. The third-order valence-corrected chi connectivity index (χ3v) is 8.41. The van der Waals surface area contributed by atoms with Gasteiger partial charge in [-0.3, -0.25) is 0 Å². The number of hydrogen-bond acceptors (Lipinski definition) is 1. The largest absolute Gasteiger partial charge is 0.345 e. The van der Waals surface area contributed by atoms with Gasteiger partial charge in [-0.05, 0) is 36.6 Å². The summed E-state index contributed by atoms with van der Waals surface area (Å²) in [5.41, 5.74) is 3.68. The second-order valence-electron chi connectivity index (χ2n) is 6.75. The zero-order chi connectivity index (χ0) is 17.7. The molecule has 0 fully saturated rings. The predicted octanol–water partition coefficient (Wildman–Crippen LogP) is 7.65. The minimum Gasteiger partial charge on any atom is -0.345 e. The molecule has 0 amide bonds. The second kappa shape index (κ2) is 8.39. The molecule has 1 aliphatic heterocycles. The van der Waals surface area contributed by atoms with Crippen molar-refractivity contribution in [3.05, 3.63) is 70.5 Å². The molecule has 0 bridgehead atoms. The molecule has 0 N–H and O–H groups in total. The van der Waals surface area contributed by atoms with E-state index in [-0.39, 0.29) is 0 Å². The van der Waals surface area contributed by atoms with Crippen LogP contribution in [0.4, 0.5) is 0 Å². The van der Waals surface area contributed by atoms with E-state index in [9.17, 15) is 0 Å². The van der Waals surface area contributed by atoms with Gasteiger partial charge in [0.1, 0.15) is 5.82 Å². The minimum absolute atomic E-state index is 0.761. The number of fused-ring (bicyclic) bond motifs is 1. The van der Waals surface area contributed by atoms with Crippen LogP contribution >= 0.6 is 19.1 Å². The molecule has 0 aromatic heterocycles. The summed E-state index contributed by atoms with van der Waals surface area (Å²) >= 11 is 6.29. The fourth-order valence-corrected chi connectivity index (χ4v) is 7.25. The molecule has 3 heteroatoms. The minimum atomic E-state index is -1.60. The number of unbranched alkanes of at least 4 members (excludes halogenated alkanes) is 2. The first kappa shape index (κ1) is 18.5. The van der Waals surface area contributed by atoms with E-state index in [0.29, 0.717) is 0 Å². The number of benzene rings is 2. The van der Waals surface area contributed by atoms with Crippen LogP contribution in [0.25, 0.3) is 5.57 Å². The average Bonchev–Trinajstić information content (AvgIpc) is 2.65. The standard InChI is InChI=1S/C22H27ClOP/c1-3-5-14-25(15-6-4-2)17-21(18-10-8-7-9-11-18)20-16-19(23)12-13-22(20)24-25/h7-13,16-17H,3-6,14-15H2,1-2H3/q+1. The first-order chi connectivity index (χ1) is 12.2. The van der Waals surface area contributed by atoms with Gasteiger partial charge in [-0.25, -0.2) is 0 Å². The number of halogens is 1. The van der Waals surface area contributed by atoms with E-state index in [1.165, 1.54) is 49.1 Å². The maximum absolute atomic E-state index is 6.71. The zero-order valence-corrected chi connectivity index (χ0v) is 16.8. The van der Waals surface area contributed by atoms with Crippen molar-refractivity contribution in [3.63, 3.8) is 0 Å². The van der Waals surface area contributed by atoms with E-state index in [0.717, 1.165) is 16.3 Å². The van der Waals surface area contributed by atoms with Crippen molar-refractivity contribution in [2.45, 2.75) is 39.5 Å². The molecule has 1 aliphatic rings. The summed E-state index contributed by atoms with van der Waals surface area (Å²) in [4.78, 5) is 0. The normalized spacial score (nSPS) is 15.2. The van der Waals surface area contributed by atoms with E-state index in [4.69, 9.17) is 16.1 Å². The molecule has 2 aromatic rings. The molecule has 3 rings (SSSR count). The van der Waals surface area contributed by atoms with Crippen molar-refractivity contribution in [2.24, 2.45) is 0 Å². The molecule has 1 nitrogen and oxygen atoms in total. The molecule has 0 radical (unpaired) electrons. The van der Waals surface area contributed by atoms with Gasteiger partial charge in [0, 0.05) is 16.2 Å². The van der Waals surface area contributed by atoms with Gasteiger partial charge >= 0.3 is 0 Å². The Kier molecular flexibility index (Phi) is 6.20. The maximum Gasteiger partial charge on any atom is 0.216 e. The summed E-state index contributed by atoms with van der Waals surface area (Å²) in [7, 11) is -1.60. The molecular weight excluding hydrogens is 347 g/mol. The molecule has 0 saturated carbocycles. The van der Waals surface area contributed by atoms with Crippen molar-refractivity contribution in [1.82, 2.24) is 0 Å². The van der Waals surface area contributed by atoms with Crippen LogP contribution in [-0.4, -0.2) is 12.3 Å². The molecule has 0 atom stereocenters. The molecule has 0 spiro atoms. The van der Waals surface area contributed by atoms with E-state index >= 15 is 0 Å². The van der Waals surface area contributed by atoms with E-state index in [1.54, 1.807) is 0 Å². The maximum atomic E-state index is 6.71. The van der Waals surface area contributed by atoms with Crippen LogP contribution in [0.5, 0.6) is 5.75 Å². The van der Waals surface area contributed by atoms with Crippen molar-refractivity contribution in [2.75, 3.05) is 12.3 Å². The summed E-state index contributed by atoms with van der Waals surface area (Å²) < 4.78 is 6.71. The SMILES string of the molecule is CCCC[P+]1(CCCC)C=C(c2ccccc2)c2cc(Cl)ccc2O1. The van der Waals surface area contributed by atoms with Gasteiger partial charge in [-0.2, -0.15) is 0 Å². The van der Waals surface area contributed by atoms with Crippen LogP contribution in [0.15, 0.2) is 54.3 Å². The van der Waals surface area contributed by atoms with Crippen LogP contribution in [0, 0.1) is 0 Å². The quantitative estimate of drug-likeness (QED) is 0.453. The van der Waals surface area contributed by atoms with Gasteiger partial charge < -0.3 is 4.52 Å². The Bertz CT molecular complexity index is 731. The van der Waals surface area contributed by atoms with Crippen LogP contribution in [-0.2, 0) is 0 Å². The molecule has 0 unspecified atom stereocenters. The monoisotopic (exact) mass is 373 g/mol. The molecule has 0 saturated heterocycles. The molecule has 2 aromatic carbocycles. The van der Waals surface area contributed by atoms with Gasteiger partial charge in [-0.1, -0.05) is 68.6 Å². The topological polar surface area (TPSA) is 9.23 Å². The fourth-order valence-electron chi connectivity index (χ4n) is 3.35. The molecule has 0 aliphatic carbocycles. The Labute approximate surface area is 157 Å². The van der Waals surface area contributed by atoms with Crippen LogP contribution < -0.4 is 4.52 Å². The lowest BCUT2D eigenvalue weighted by atomic mass is 9.99. The number of rotatable bonds is 7. The summed E-state index contributed by atoms with van der Waals surface area (Å²) in [6.45, 7) is 4.52. The third-order valence-electron chi connectivity index (χ3n) is 4.74. The lowest BCUT2D eigenvalue weighted by Gasteiger charge is -2.29. The lowest BCUT2D eigenvalue weighted by Crippen LogP contribution is -2.14. The van der Waals surface area contributed by atoms with Gasteiger partial charge in [-0.15, -0.1) is 0 Å². The first-order valence-electron chi connectivity index (χ1n) is 9.32. The van der Waals surface area contributed by atoms with Crippen molar-refractivity contribution >= 4 is 24.7 Å². The van der Waals surface area contributed by atoms with Crippen molar-refractivity contribution in [3.8, 4) is 5.75 Å². The molecule has 25 heavy (non-hydrogen) atoms. The number of hydrogen-bond donors (Lipinski definition) is 0. The van der Waals surface area contributed by atoms with E-state index < -0.39 is 7.49 Å². The highest BCUT2D eigenvalue weighted by atomic mass is 35.5. The Hall–Kier alpha value is -1.30. The summed E-state index contributed by atoms with van der Waals surface area (Å²) in [6, 6.07) is 16.7. The van der Waals surface area contributed by atoms with E-state index in [1.807, 2.05) is 12.1 Å². The van der Waals surface area contributed by atoms with Crippen LogP contribution in [0.2, 0.25) is 5.02 Å². The summed E-state index contributed by atoms with van der Waals surface area (Å²) in [6.07, 6.45) is 7.19. The highest BCUT2D eigenvalue weighted by Crippen LogP contribution is 2.67. The van der Waals surface area contributed by atoms with Gasteiger partial charge in [0.15, 0.2) is 5.75 Å². The second-order valence-corrected chi connectivity index (χ2v) is 10.4. The van der Waals surface area contributed by atoms with E-state index in [2.05, 4.69) is 56.1 Å².